The molecule has 4 aliphatic rings. The molecule has 0 N–H and O–H groups in total. The lowest BCUT2D eigenvalue weighted by molar-refractivity contribution is -0.0161. The minimum Gasteiger partial charge on any atom is -0.0625 e. The molecule has 1 atom stereocenters. The van der Waals surface area contributed by atoms with E-state index in [2.05, 4.69) is 13.8 Å². The smallest absolute Gasteiger partial charge is 0.0292 e. The minimum absolute atomic E-state index is 0.829. The molecule has 0 aliphatic heterocycles. The molecule has 0 aromatic heterocycles. The fourth-order valence-electron chi connectivity index (χ4n) is 6.03. The first kappa shape index (κ1) is 14.9. The number of hydrogen-bond acceptors (Lipinski definition) is 0. The van der Waals surface area contributed by atoms with E-state index in [9.17, 15) is 0 Å². The number of rotatable bonds is 0. The van der Waals surface area contributed by atoms with Crippen molar-refractivity contribution in [3.8, 4) is 0 Å². The van der Waals surface area contributed by atoms with Crippen LogP contribution in [-0.2, 0) is 0 Å². The van der Waals surface area contributed by atoms with Gasteiger partial charge in [-0.25, -0.2) is 0 Å². The van der Waals surface area contributed by atoms with Crippen LogP contribution in [0.1, 0.15) is 104 Å². The lowest BCUT2D eigenvalue weighted by Gasteiger charge is -2.53. The Kier molecular flexibility index (Phi) is 4.48. The fourth-order valence-corrected chi connectivity index (χ4v) is 6.03. The Balaban J connectivity index is 0.000000131. The van der Waals surface area contributed by atoms with Gasteiger partial charge in [0.1, 0.15) is 0 Å². The summed E-state index contributed by atoms with van der Waals surface area (Å²) in [6.07, 6.45) is 21.5. The highest BCUT2D eigenvalue weighted by molar-refractivity contribution is 4.97. The van der Waals surface area contributed by atoms with E-state index in [0.717, 1.165) is 22.7 Å². The molecule has 0 heterocycles. The molecule has 0 radical (unpaired) electrons. The molecule has 1 unspecified atom stereocenters. The summed E-state index contributed by atoms with van der Waals surface area (Å²) in [6, 6.07) is 0. The summed E-state index contributed by atoms with van der Waals surface area (Å²) in [5.74, 6) is 2.09. The molecule has 4 aliphatic carbocycles. The molecule has 0 bridgehead atoms. The lowest BCUT2D eigenvalue weighted by Crippen LogP contribution is -2.41. The summed E-state index contributed by atoms with van der Waals surface area (Å²) < 4.78 is 0. The maximum Gasteiger partial charge on any atom is -0.0292 e. The summed E-state index contributed by atoms with van der Waals surface area (Å²) >= 11 is 0. The average Bonchev–Trinajstić information content (AvgIpc) is 2.34. The third kappa shape index (κ3) is 3.25. The molecule has 0 amide bonds. The summed E-state index contributed by atoms with van der Waals surface area (Å²) in [7, 11) is 0. The van der Waals surface area contributed by atoms with Gasteiger partial charge in [0.05, 0.1) is 0 Å². The lowest BCUT2D eigenvalue weighted by atomic mass is 9.52. The summed E-state index contributed by atoms with van der Waals surface area (Å²) in [5.41, 5.74) is 1.75. The van der Waals surface area contributed by atoms with E-state index in [1.165, 1.54) is 38.5 Å². The van der Waals surface area contributed by atoms with Crippen molar-refractivity contribution in [1.82, 2.24) is 0 Å². The molecule has 0 aromatic carbocycles. The van der Waals surface area contributed by atoms with Crippen LogP contribution in [0.3, 0.4) is 0 Å². The van der Waals surface area contributed by atoms with Gasteiger partial charge < -0.3 is 0 Å². The highest BCUT2D eigenvalue weighted by Gasteiger charge is 2.45. The molecule has 4 rings (SSSR count). The largest absolute Gasteiger partial charge is 0.0625 e. The maximum atomic E-state index is 2.45. The second-order valence-electron chi connectivity index (χ2n) is 9.13. The van der Waals surface area contributed by atoms with Gasteiger partial charge in [0.2, 0.25) is 0 Å². The Hall–Kier alpha value is 0. The first-order chi connectivity index (χ1) is 9.62. The van der Waals surface area contributed by atoms with Crippen molar-refractivity contribution in [3.05, 3.63) is 0 Å². The molecule has 0 saturated heterocycles. The molecular formula is C20H36. The van der Waals surface area contributed by atoms with Crippen LogP contribution in [0.2, 0.25) is 0 Å². The summed E-state index contributed by atoms with van der Waals surface area (Å²) in [5, 5.41) is 0. The summed E-state index contributed by atoms with van der Waals surface area (Å²) in [6.45, 7) is 4.83. The third-order valence-corrected chi connectivity index (χ3v) is 7.08. The first-order valence-corrected chi connectivity index (χ1v) is 9.62. The zero-order chi connectivity index (χ0) is 14.1. The molecule has 0 heteroatoms. The van der Waals surface area contributed by atoms with E-state index in [-0.39, 0.29) is 0 Å². The van der Waals surface area contributed by atoms with Crippen molar-refractivity contribution >= 4 is 0 Å². The Morgan fingerprint density at radius 2 is 1.10 bits per heavy atom. The quantitative estimate of drug-likeness (QED) is 0.460. The van der Waals surface area contributed by atoms with E-state index < -0.39 is 0 Å². The van der Waals surface area contributed by atoms with Crippen molar-refractivity contribution in [2.45, 2.75) is 104 Å². The highest BCUT2D eigenvalue weighted by atomic mass is 14.5. The fraction of sp³-hybridized carbons (Fsp3) is 1.00. The molecule has 0 aromatic rings. The van der Waals surface area contributed by atoms with E-state index in [1.807, 2.05) is 0 Å². The van der Waals surface area contributed by atoms with Gasteiger partial charge >= 0.3 is 0 Å². The van der Waals surface area contributed by atoms with Crippen LogP contribution < -0.4 is 0 Å². The van der Waals surface area contributed by atoms with Gasteiger partial charge in [0, 0.05) is 0 Å². The van der Waals surface area contributed by atoms with Crippen LogP contribution in [0.25, 0.3) is 0 Å². The SMILES string of the molecule is CC1CC2(CCC2)C1.CC1CCCC2(CCCCC2)C1. The monoisotopic (exact) mass is 276 g/mol. The summed E-state index contributed by atoms with van der Waals surface area (Å²) in [4.78, 5) is 0. The molecule has 20 heavy (non-hydrogen) atoms. The van der Waals surface area contributed by atoms with Gasteiger partial charge in [0.25, 0.3) is 0 Å². The van der Waals surface area contributed by atoms with Crippen molar-refractivity contribution in [2.24, 2.45) is 22.7 Å². The molecule has 4 fully saturated rings. The van der Waals surface area contributed by atoms with Crippen LogP contribution in [0.4, 0.5) is 0 Å². The van der Waals surface area contributed by atoms with Crippen molar-refractivity contribution in [3.63, 3.8) is 0 Å². The van der Waals surface area contributed by atoms with Crippen molar-refractivity contribution in [2.75, 3.05) is 0 Å². The molecule has 2 spiro atoms. The van der Waals surface area contributed by atoms with Crippen LogP contribution >= 0.6 is 0 Å². The van der Waals surface area contributed by atoms with Crippen LogP contribution in [0.15, 0.2) is 0 Å². The van der Waals surface area contributed by atoms with Gasteiger partial charge in [0.15, 0.2) is 0 Å². The minimum atomic E-state index is 0.829. The van der Waals surface area contributed by atoms with E-state index in [1.54, 1.807) is 51.4 Å². The molecular weight excluding hydrogens is 240 g/mol. The predicted molar refractivity (Wildman–Crippen MR) is 87.8 cm³/mol. The third-order valence-electron chi connectivity index (χ3n) is 7.08. The molecule has 4 saturated carbocycles. The van der Waals surface area contributed by atoms with Crippen molar-refractivity contribution in [1.29, 1.82) is 0 Å². The van der Waals surface area contributed by atoms with Crippen LogP contribution in [-0.4, -0.2) is 0 Å². The molecule has 116 valence electrons. The van der Waals surface area contributed by atoms with Crippen LogP contribution in [0.5, 0.6) is 0 Å². The van der Waals surface area contributed by atoms with Gasteiger partial charge in [-0.1, -0.05) is 52.4 Å². The van der Waals surface area contributed by atoms with Gasteiger partial charge in [-0.05, 0) is 74.0 Å². The highest BCUT2D eigenvalue weighted by Crippen LogP contribution is 2.58. The van der Waals surface area contributed by atoms with Gasteiger partial charge in [-0.2, -0.15) is 0 Å². The van der Waals surface area contributed by atoms with E-state index in [0.29, 0.717) is 0 Å². The number of hydrogen-bond donors (Lipinski definition) is 0. The predicted octanol–water partition coefficient (Wildman–Crippen LogP) is 6.73. The van der Waals surface area contributed by atoms with E-state index >= 15 is 0 Å². The first-order valence-electron chi connectivity index (χ1n) is 9.62. The average molecular weight is 277 g/mol. The normalized spacial score (nSPS) is 34.8. The van der Waals surface area contributed by atoms with Gasteiger partial charge in [-0.3, -0.25) is 0 Å². The van der Waals surface area contributed by atoms with Crippen LogP contribution in [0, 0.1) is 22.7 Å². The van der Waals surface area contributed by atoms with Gasteiger partial charge in [-0.15, -0.1) is 0 Å². The Morgan fingerprint density at radius 1 is 0.550 bits per heavy atom. The second kappa shape index (κ2) is 6.01. The zero-order valence-electron chi connectivity index (χ0n) is 14.1. The van der Waals surface area contributed by atoms with Crippen molar-refractivity contribution < 1.29 is 0 Å². The maximum absolute atomic E-state index is 2.45. The zero-order valence-corrected chi connectivity index (χ0v) is 14.1. The van der Waals surface area contributed by atoms with E-state index in [4.69, 9.17) is 0 Å². The Morgan fingerprint density at radius 3 is 1.55 bits per heavy atom. The Labute approximate surface area is 127 Å². The Bertz CT molecular complexity index is 292. The topological polar surface area (TPSA) is 0 Å². The second-order valence-corrected chi connectivity index (χ2v) is 9.13. The molecule has 0 nitrogen and oxygen atoms in total. The standard InChI is InChI=1S/C12H22.C8H14/c1-11-6-5-9-12(10-11)7-3-2-4-8-12;1-7-5-8(6-7)3-2-4-8/h11H,2-10H2,1H3;7H,2-6H2,1H3.